The summed E-state index contributed by atoms with van der Waals surface area (Å²) in [6, 6.07) is 18.6. The third kappa shape index (κ3) is 3.75. The fourth-order valence-corrected chi connectivity index (χ4v) is 6.04. The molecule has 8 heteroatoms. The van der Waals surface area contributed by atoms with E-state index < -0.39 is 16.7 Å². The molecule has 1 atom stereocenters. The first-order chi connectivity index (χ1) is 15.9. The van der Waals surface area contributed by atoms with Gasteiger partial charge in [-0.15, -0.1) is 11.8 Å². The number of halogens is 2. The maximum absolute atomic E-state index is 14.4. The zero-order valence-corrected chi connectivity index (χ0v) is 19.4. The van der Waals surface area contributed by atoms with E-state index in [1.54, 1.807) is 35.2 Å². The molecule has 0 radical (unpaired) electrons. The molecule has 5 nitrogen and oxygen atoms in total. The third-order valence-corrected chi connectivity index (χ3v) is 7.59. The van der Waals surface area contributed by atoms with Crippen LogP contribution in [-0.4, -0.2) is 29.1 Å². The van der Waals surface area contributed by atoms with Crippen LogP contribution in [0.15, 0.2) is 66.7 Å². The Hall–Kier alpha value is -3.03. The topological polar surface area (TPSA) is 52.7 Å². The maximum atomic E-state index is 14.4. The highest BCUT2D eigenvalue weighted by atomic mass is 35.5. The second kappa shape index (κ2) is 8.39. The zero-order chi connectivity index (χ0) is 23.2. The van der Waals surface area contributed by atoms with E-state index in [9.17, 15) is 14.0 Å². The lowest BCUT2D eigenvalue weighted by molar-refractivity contribution is -0.123. The minimum Gasteiger partial charge on any atom is -0.308 e. The number of carbonyl (C=O) groups is 2. The van der Waals surface area contributed by atoms with Crippen LogP contribution in [0.2, 0.25) is 5.02 Å². The molecule has 5 rings (SSSR count). The standard InChI is InChI=1S/C25H21ClFN3O2S/c1-16-3-2-4-17(13-16)15-29-22-10-7-19(27)14-21(22)25(23(29)31)30(11-12-33-25)24(32)28-20-8-5-18(26)6-9-20/h2-10,13-14H,11-12,15H2,1H3,(H,28,32)/t25-/m0/s1. The molecule has 0 aliphatic carbocycles. The lowest BCUT2D eigenvalue weighted by atomic mass is 10.1. The lowest BCUT2D eigenvalue weighted by Gasteiger charge is -2.33. The summed E-state index contributed by atoms with van der Waals surface area (Å²) < 4.78 is 14.4. The minimum atomic E-state index is -1.31. The summed E-state index contributed by atoms with van der Waals surface area (Å²) in [6.45, 7) is 2.70. The molecule has 0 bridgehead atoms. The van der Waals surface area contributed by atoms with Crippen LogP contribution in [0, 0.1) is 12.7 Å². The Kier molecular flexibility index (Phi) is 5.54. The smallest absolute Gasteiger partial charge is 0.308 e. The highest BCUT2D eigenvalue weighted by molar-refractivity contribution is 8.01. The van der Waals surface area contributed by atoms with Crippen LogP contribution in [0.4, 0.5) is 20.6 Å². The van der Waals surface area contributed by atoms with Gasteiger partial charge in [-0.1, -0.05) is 41.4 Å². The third-order valence-electron chi connectivity index (χ3n) is 5.92. The summed E-state index contributed by atoms with van der Waals surface area (Å²) in [4.78, 5) is 29.1. The van der Waals surface area contributed by atoms with Crippen molar-refractivity contribution >= 4 is 46.7 Å². The number of benzene rings is 3. The molecule has 168 valence electrons. The van der Waals surface area contributed by atoms with Crippen molar-refractivity contribution in [1.29, 1.82) is 0 Å². The number of amides is 3. The summed E-state index contributed by atoms with van der Waals surface area (Å²) in [5.41, 5.74) is 3.76. The van der Waals surface area contributed by atoms with Crippen molar-refractivity contribution in [2.45, 2.75) is 18.3 Å². The molecular formula is C25H21ClFN3O2S. The van der Waals surface area contributed by atoms with Gasteiger partial charge < -0.3 is 10.2 Å². The number of thioether (sulfide) groups is 1. The number of carbonyl (C=O) groups excluding carboxylic acids is 2. The molecular weight excluding hydrogens is 461 g/mol. The van der Waals surface area contributed by atoms with Crippen molar-refractivity contribution in [3.05, 3.63) is 94.3 Å². The van der Waals surface area contributed by atoms with Crippen LogP contribution in [0.3, 0.4) is 0 Å². The molecule has 0 aromatic heterocycles. The van der Waals surface area contributed by atoms with E-state index >= 15 is 0 Å². The average molecular weight is 482 g/mol. The van der Waals surface area contributed by atoms with Crippen molar-refractivity contribution in [3.63, 3.8) is 0 Å². The van der Waals surface area contributed by atoms with Crippen LogP contribution in [0.5, 0.6) is 0 Å². The highest BCUT2D eigenvalue weighted by Gasteiger charge is 2.59. The predicted molar refractivity (Wildman–Crippen MR) is 130 cm³/mol. The molecule has 3 amide bonds. The number of hydrogen-bond acceptors (Lipinski definition) is 3. The molecule has 1 saturated heterocycles. The van der Waals surface area contributed by atoms with E-state index in [1.807, 2.05) is 31.2 Å². The number of nitrogens with zero attached hydrogens (tertiary/aromatic N) is 2. The number of fused-ring (bicyclic) bond motifs is 2. The predicted octanol–water partition coefficient (Wildman–Crippen LogP) is 5.77. The van der Waals surface area contributed by atoms with Gasteiger partial charge in [-0.25, -0.2) is 9.18 Å². The SMILES string of the molecule is Cc1cccc(CN2C(=O)[C@@]3(SCCN3C(=O)Nc3ccc(Cl)cc3)c3cc(F)ccc32)c1. The molecule has 1 spiro atoms. The summed E-state index contributed by atoms with van der Waals surface area (Å²) in [5.74, 6) is -0.115. The first-order valence-electron chi connectivity index (χ1n) is 10.5. The monoisotopic (exact) mass is 481 g/mol. The van der Waals surface area contributed by atoms with Gasteiger partial charge in [0, 0.05) is 28.6 Å². The Bertz CT molecular complexity index is 1250. The van der Waals surface area contributed by atoms with Gasteiger partial charge in [0.15, 0.2) is 4.87 Å². The van der Waals surface area contributed by atoms with Crippen molar-refractivity contribution in [2.75, 3.05) is 22.5 Å². The highest BCUT2D eigenvalue weighted by Crippen LogP contribution is 2.54. The van der Waals surface area contributed by atoms with E-state index in [-0.39, 0.29) is 5.91 Å². The van der Waals surface area contributed by atoms with Crippen molar-refractivity contribution in [2.24, 2.45) is 0 Å². The van der Waals surface area contributed by atoms with E-state index in [1.165, 1.54) is 28.8 Å². The summed E-state index contributed by atoms with van der Waals surface area (Å²) in [6.07, 6.45) is 0. The molecule has 1 fully saturated rings. The van der Waals surface area contributed by atoms with Gasteiger partial charge in [0.2, 0.25) is 0 Å². The number of urea groups is 1. The van der Waals surface area contributed by atoms with Gasteiger partial charge >= 0.3 is 6.03 Å². The molecule has 3 aromatic rings. The summed E-state index contributed by atoms with van der Waals surface area (Å²) >= 11 is 7.31. The Balaban J connectivity index is 1.53. The molecule has 1 N–H and O–H groups in total. The first-order valence-corrected chi connectivity index (χ1v) is 11.9. The number of aryl methyl sites for hydroxylation is 1. The van der Waals surface area contributed by atoms with Crippen molar-refractivity contribution in [3.8, 4) is 0 Å². The first kappa shape index (κ1) is 21.8. The molecule has 2 heterocycles. The average Bonchev–Trinajstić information content (AvgIpc) is 3.33. The molecule has 0 saturated carbocycles. The van der Waals surface area contributed by atoms with Gasteiger partial charge in [0.25, 0.3) is 5.91 Å². The van der Waals surface area contributed by atoms with Crippen LogP contribution >= 0.6 is 23.4 Å². The largest absolute Gasteiger partial charge is 0.323 e. The van der Waals surface area contributed by atoms with Crippen LogP contribution in [0.25, 0.3) is 0 Å². The number of anilines is 2. The molecule has 2 aliphatic rings. The Morgan fingerprint density at radius 3 is 2.70 bits per heavy atom. The van der Waals surface area contributed by atoms with Gasteiger partial charge in [0.05, 0.1) is 12.2 Å². The Morgan fingerprint density at radius 2 is 1.94 bits per heavy atom. The summed E-state index contributed by atoms with van der Waals surface area (Å²) in [5, 5.41) is 3.41. The van der Waals surface area contributed by atoms with Crippen LogP contribution in [0.1, 0.15) is 16.7 Å². The number of nitrogens with one attached hydrogen (secondary N) is 1. The molecule has 3 aromatic carbocycles. The maximum Gasteiger partial charge on any atom is 0.323 e. The second-order valence-corrected chi connectivity index (χ2v) is 9.85. The molecule has 2 aliphatic heterocycles. The molecule has 33 heavy (non-hydrogen) atoms. The number of rotatable bonds is 3. The fraction of sp³-hybridized carbons (Fsp3) is 0.200. The van der Waals surface area contributed by atoms with E-state index in [4.69, 9.17) is 11.6 Å². The van der Waals surface area contributed by atoms with Gasteiger partial charge in [-0.05, 0) is 55.0 Å². The van der Waals surface area contributed by atoms with Crippen molar-refractivity contribution in [1.82, 2.24) is 4.90 Å². The quantitative estimate of drug-likeness (QED) is 0.517. The van der Waals surface area contributed by atoms with Gasteiger partial charge in [-0.3, -0.25) is 9.69 Å². The second-order valence-electron chi connectivity index (χ2n) is 8.12. The van der Waals surface area contributed by atoms with Crippen LogP contribution < -0.4 is 10.2 Å². The van der Waals surface area contributed by atoms with Gasteiger partial charge in [0.1, 0.15) is 5.82 Å². The fourth-order valence-electron chi connectivity index (χ4n) is 4.46. The van der Waals surface area contributed by atoms with E-state index in [0.29, 0.717) is 40.8 Å². The zero-order valence-electron chi connectivity index (χ0n) is 17.8. The van der Waals surface area contributed by atoms with Gasteiger partial charge in [-0.2, -0.15) is 0 Å². The summed E-state index contributed by atoms with van der Waals surface area (Å²) in [7, 11) is 0. The Labute approximate surface area is 200 Å². The van der Waals surface area contributed by atoms with Crippen molar-refractivity contribution < 1.29 is 14.0 Å². The van der Waals surface area contributed by atoms with Crippen LogP contribution in [-0.2, 0) is 16.2 Å². The minimum absolute atomic E-state index is 0.238. The normalized spacial score (nSPS) is 19.3. The number of hydrogen-bond donors (Lipinski definition) is 1. The molecule has 0 unspecified atom stereocenters. The van der Waals surface area contributed by atoms with E-state index in [2.05, 4.69) is 5.32 Å². The van der Waals surface area contributed by atoms with E-state index in [0.717, 1.165) is 11.1 Å². The lowest BCUT2D eigenvalue weighted by Crippen LogP contribution is -2.51. The Morgan fingerprint density at radius 1 is 1.15 bits per heavy atom.